The maximum Gasteiger partial charge on any atom is 0.416 e. The van der Waals surface area contributed by atoms with E-state index < -0.39 is 195 Å². The number of hydrogen-bond acceptors (Lipinski definition) is 3. The first-order valence-corrected chi connectivity index (χ1v) is 20.3. The van der Waals surface area contributed by atoms with Crippen molar-refractivity contribution in [2.45, 2.75) is 62.5 Å². The average Bonchev–Trinajstić information content (AvgIpc) is 3.29. The van der Waals surface area contributed by atoms with Crippen LogP contribution >= 0.6 is 0 Å². The molecule has 0 amide bonds. The first-order valence-electron chi connectivity index (χ1n) is 20.3. The molecule has 6 aromatic rings. The Bertz CT molecular complexity index is 2690. The quantitative estimate of drug-likeness (QED) is 0.0275. The van der Waals surface area contributed by atoms with E-state index >= 15 is 0 Å². The maximum atomic E-state index is 14.2. The molecule has 0 aliphatic carbocycles. The van der Waals surface area contributed by atoms with Gasteiger partial charge in [-0.15, -0.1) is 0 Å². The lowest BCUT2D eigenvalue weighted by Gasteiger charge is -2.46. The molecule has 6 rings (SSSR count). The highest BCUT2D eigenvalue weighted by atomic mass is 19.4. The zero-order valence-corrected chi connectivity index (χ0v) is 36.8. The molecule has 0 aliphatic heterocycles. The average molecular weight is 1120 g/mol. The highest BCUT2D eigenvalue weighted by Gasteiger charge is 2.47. The van der Waals surface area contributed by atoms with E-state index in [0.717, 1.165) is 0 Å². The number of alkyl halides is 24. The summed E-state index contributed by atoms with van der Waals surface area (Å²) in [6, 6.07) is 0.254. The van der Waals surface area contributed by atoms with Crippen LogP contribution in [0.3, 0.4) is 0 Å². The fourth-order valence-electron chi connectivity index (χ4n) is 7.75. The molecular formula is C45H24BF24N5O. The number of benzene rings is 5. The first kappa shape index (κ1) is 59.4. The third-order valence-electron chi connectivity index (χ3n) is 11.1. The van der Waals surface area contributed by atoms with Gasteiger partial charge in [0, 0.05) is 10.5 Å². The second-order valence-electron chi connectivity index (χ2n) is 16.1. The van der Waals surface area contributed by atoms with Crippen molar-refractivity contribution in [2.24, 2.45) is 5.11 Å². The van der Waals surface area contributed by atoms with Crippen molar-refractivity contribution in [1.29, 1.82) is 0 Å². The van der Waals surface area contributed by atoms with Gasteiger partial charge in [-0.25, -0.2) is 0 Å². The van der Waals surface area contributed by atoms with Crippen molar-refractivity contribution >= 4 is 33.8 Å². The highest BCUT2D eigenvalue weighted by molar-refractivity contribution is 7.20. The second-order valence-corrected chi connectivity index (χ2v) is 16.1. The summed E-state index contributed by atoms with van der Waals surface area (Å²) in [5.74, 6) is -0.000938. The molecule has 6 nitrogen and oxygen atoms in total. The van der Waals surface area contributed by atoms with Gasteiger partial charge < -0.3 is 0 Å². The molecular weight excluding hydrogens is 1090 g/mol. The van der Waals surface area contributed by atoms with Crippen LogP contribution in [-0.2, 0) is 62.5 Å². The normalized spacial score (nSPS) is 13.2. The van der Waals surface area contributed by atoms with Gasteiger partial charge >= 0.3 is 49.4 Å². The molecule has 0 aliphatic rings. The number of azide groups is 1. The molecule has 0 radical (unpaired) electrons. The summed E-state index contributed by atoms with van der Waals surface area (Å²) in [5.41, 5.74) is -20.5. The zero-order chi connectivity index (χ0) is 57.4. The van der Waals surface area contributed by atoms with Crippen molar-refractivity contribution in [3.63, 3.8) is 0 Å². The van der Waals surface area contributed by atoms with Crippen LogP contribution in [0, 0.1) is 0 Å². The van der Waals surface area contributed by atoms with Crippen LogP contribution in [0.15, 0.2) is 127 Å². The smallest absolute Gasteiger partial charge is 0.287 e. The number of carbonyl (C=O) groups excluding carboxylic acids is 1. The Morgan fingerprint density at radius 1 is 0.461 bits per heavy atom. The Balaban J connectivity index is 0.000000468. The SMILES string of the molecule is FC(F)(F)c1cc([B-](c2cc(C(F)(F)F)cc(C(F)(F)F)c2)(c2cc(C(F)(F)F)cc(C(F)(F)F)c2)c2cc(C(F)(F)F)cc(C(F)(F)F)c2)cc(C(F)(F)F)c1.[N-]=[N+]=NCc1cncc[n+]1CC(=O)c1ccccc1. The number of Topliss-reactive ketones (excluding diaryl/α,β-unsaturated/α-hetero) is 1. The number of rotatable bonds is 9. The number of nitrogens with zero attached hydrogens (tertiary/aromatic N) is 5. The van der Waals surface area contributed by atoms with E-state index in [-0.39, 0.29) is 18.9 Å². The molecule has 1 heterocycles. The minimum atomic E-state index is -6.13. The number of hydrogen-bond donors (Lipinski definition) is 0. The van der Waals surface area contributed by atoms with E-state index in [1.54, 1.807) is 35.3 Å². The maximum absolute atomic E-state index is 14.2. The lowest BCUT2D eigenvalue weighted by molar-refractivity contribution is -0.691. The van der Waals surface area contributed by atoms with Crippen LogP contribution in [0.25, 0.3) is 10.4 Å². The summed E-state index contributed by atoms with van der Waals surface area (Å²) in [5, 5.41) is 3.49. The van der Waals surface area contributed by atoms with Crippen LogP contribution in [0.1, 0.15) is 60.6 Å². The predicted octanol–water partition coefficient (Wildman–Crippen LogP) is 13.3. The molecule has 0 spiro atoms. The van der Waals surface area contributed by atoms with E-state index in [1.807, 2.05) is 18.2 Å². The summed E-state index contributed by atoms with van der Waals surface area (Å²) in [7, 11) is 0. The Labute approximate surface area is 408 Å². The molecule has 0 unspecified atom stereocenters. The Kier molecular flexibility index (Phi) is 16.4. The number of halogens is 24. The van der Waals surface area contributed by atoms with Crippen molar-refractivity contribution in [3.8, 4) is 0 Å². The zero-order valence-electron chi connectivity index (χ0n) is 36.8. The third-order valence-corrected chi connectivity index (χ3v) is 11.1. The minimum absolute atomic E-state index is 0.000938. The molecule has 0 N–H and O–H groups in total. The summed E-state index contributed by atoms with van der Waals surface area (Å²) >= 11 is 0. The molecule has 0 saturated carbocycles. The fraction of sp³-hybridized carbons (Fsp3) is 0.222. The lowest BCUT2D eigenvalue weighted by Crippen LogP contribution is -2.75. The first-order chi connectivity index (χ1) is 34.6. The highest BCUT2D eigenvalue weighted by Crippen LogP contribution is 2.41. The molecule has 1 aromatic heterocycles. The molecule has 0 saturated heterocycles. The van der Waals surface area contributed by atoms with Gasteiger partial charge in [0.2, 0.25) is 18.0 Å². The predicted molar refractivity (Wildman–Crippen MR) is 218 cm³/mol. The van der Waals surface area contributed by atoms with Gasteiger partial charge in [-0.1, -0.05) is 84.0 Å². The molecule has 406 valence electrons. The minimum Gasteiger partial charge on any atom is -0.287 e. The lowest BCUT2D eigenvalue weighted by atomic mass is 9.12. The second kappa shape index (κ2) is 20.9. The molecule has 0 fully saturated rings. The van der Waals surface area contributed by atoms with Gasteiger partial charge in [0.05, 0.1) is 56.9 Å². The van der Waals surface area contributed by atoms with Crippen LogP contribution < -0.4 is 26.4 Å². The molecule has 5 aromatic carbocycles. The fourth-order valence-corrected chi connectivity index (χ4v) is 7.75. The van der Waals surface area contributed by atoms with Gasteiger partial charge in [0.1, 0.15) is 12.7 Å². The van der Waals surface area contributed by atoms with E-state index in [4.69, 9.17) is 5.53 Å². The standard InChI is InChI=1S/C32H12BF24.C13H12N5O/c34-25(35,36)13-1-14(26(37,38)39)6-21(5-13)33(22-7-15(27(40,41)42)2-16(8-22)28(43,44)45,23-9-17(29(46,47)48)3-18(10-23)30(49,50)51)24-11-19(31(52,53)54)4-20(12-24)32(55,56)57;14-17-16-9-12-8-15-6-7-18(12)10-13(19)11-4-2-1-3-5-11/h1-12H;1-8H,9-10H2/q-1;+1. The van der Waals surface area contributed by atoms with Crippen LogP contribution in [0.5, 0.6) is 0 Å². The third kappa shape index (κ3) is 13.9. The molecule has 31 heteroatoms. The van der Waals surface area contributed by atoms with Crippen molar-refractivity contribution in [1.82, 2.24) is 4.98 Å². The number of ketones is 1. The van der Waals surface area contributed by atoms with Crippen molar-refractivity contribution in [2.75, 3.05) is 0 Å². The van der Waals surface area contributed by atoms with Gasteiger partial charge in [-0.05, 0) is 29.8 Å². The summed E-state index contributed by atoms with van der Waals surface area (Å²) < 4.78 is 343. The van der Waals surface area contributed by atoms with E-state index in [2.05, 4.69) is 15.0 Å². The summed E-state index contributed by atoms with van der Waals surface area (Å²) in [6.45, 7) is 0.370. The van der Waals surface area contributed by atoms with Crippen LogP contribution in [0.2, 0.25) is 0 Å². The van der Waals surface area contributed by atoms with Crippen LogP contribution in [0.4, 0.5) is 105 Å². The Morgan fingerprint density at radius 2 is 0.737 bits per heavy atom. The summed E-state index contributed by atoms with van der Waals surface area (Å²) in [4.78, 5) is 18.8. The Hall–Kier alpha value is -7.46. The van der Waals surface area contributed by atoms with Gasteiger partial charge in [-0.3, -0.25) is 9.78 Å². The van der Waals surface area contributed by atoms with Gasteiger partial charge in [0.15, 0.2) is 6.20 Å². The number of aromatic nitrogens is 2. The van der Waals surface area contributed by atoms with Crippen molar-refractivity contribution in [3.05, 3.63) is 188 Å². The number of carbonyl (C=O) groups is 1. The van der Waals surface area contributed by atoms with Gasteiger partial charge in [0.25, 0.3) is 0 Å². The van der Waals surface area contributed by atoms with E-state index in [9.17, 15) is 110 Å². The Morgan fingerprint density at radius 3 is 0.987 bits per heavy atom. The monoisotopic (exact) mass is 1120 g/mol. The topological polar surface area (TPSA) is 82.6 Å². The van der Waals surface area contributed by atoms with E-state index in [1.165, 1.54) is 0 Å². The van der Waals surface area contributed by atoms with E-state index in [0.29, 0.717) is 11.3 Å². The summed E-state index contributed by atoms with van der Waals surface area (Å²) in [6.07, 6.45) is -49.9. The molecule has 0 atom stereocenters. The van der Waals surface area contributed by atoms with Crippen LogP contribution in [-0.4, -0.2) is 16.9 Å². The molecule has 0 bridgehead atoms. The van der Waals surface area contributed by atoms with Gasteiger partial charge in [-0.2, -0.15) is 132 Å². The molecule has 76 heavy (non-hydrogen) atoms. The van der Waals surface area contributed by atoms with Crippen molar-refractivity contribution < 1.29 is 115 Å². The largest absolute Gasteiger partial charge is 0.416 e.